The lowest BCUT2D eigenvalue weighted by Gasteiger charge is -2.10. The summed E-state index contributed by atoms with van der Waals surface area (Å²) in [5, 5.41) is 7.70. The first kappa shape index (κ1) is 12.7. The van der Waals surface area contributed by atoms with E-state index in [1.807, 2.05) is 12.3 Å². The molecule has 2 aromatic heterocycles. The Labute approximate surface area is 124 Å². The maximum absolute atomic E-state index is 5.84. The molecule has 0 saturated carbocycles. The van der Waals surface area contributed by atoms with Gasteiger partial charge in [0.15, 0.2) is 4.47 Å². The van der Waals surface area contributed by atoms with Gasteiger partial charge in [-0.15, -0.1) is 11.3 Å². The molecule has 19 heavy (non-hydrogen) atoms. The molecule has 0 radical (unpaired) electrons. The highest BCUT2D eigenvalue weighted by atomic mass is 35.5. The molecule has 2 heterocycles. The van der Waals surface area contributed by atoms with Crippen LogP contribution in [-0.2, 0) is 6.54 Å². The van der Waals surface area contributed by atoms with Crippen LogP contribution in [-0.4, -0.2) is 4.98 Å². The summed E-state index contributed by atoms with van der Waals surface area (Å²) in [7, 11) is 0. The number of benzene rings is 1. The van der Waals surface area contributed by atoms with E-state index in [1.54, 1.807) is 11.3 Å². The fourth-order valence-corrected chi connectivity index (χ4v) is 3.43. The van der Waals surface area contributed by atoms with Gasteiger partial charge in [0.25, 0.3) is 0 Å². The zero-order valence-electron chi connectivity index (χ0n) is 9.97. The van der Waals surface area contributed by atoms with Gasteiger partial charge in [-0.05, 0) is 28.5 Å². The highest BCUT2D eigenvalue weighted by Crippen LogP contribution is 2.30. The van der Waals surface area contributed by atoms with Crippen LogP contribution < -0.4 is 5.32 Å². The van der Waals surface area contributed by atoms with Crippen molar-refractivity contribution < 1.29 is 0 Å². The molecular weight excluding hydrogens is 296 g/mol. The van der Waals surface area contributed by atoms with Crippen molar-refractivity contribution in [2.45, 2.75) is 6.54 Å². The lowest BCUT2D eigenvalue weighted by Crippen LogP contribution is -1.98. The van der Waals surface area contributed by atoms with Gasteiger partial charge in [-0.3, -0.25) is 0 Å². The molecule has 0 spiro atoms. The first-order valence-corrected chi connectivity index (χ1v) is 7.92. The number of para-hydroxylation sites is 1. The van der Waals surface area contributed by atoms with Crippen molar-refractivity contribution in [3.05, 3.63) is 56.6 Å². The van der Waals surface area contributed by atoms with Crippen LogP contribution in [0.2, 0.25) is 4.47 Å². The number of halogens is 1. The topological polar surface area (TPSA) is 24.9 Å². The van der Waals surface area contributed by atoms with Gasteiger partial charge in [-0.25, -0.2) is 4.98 Å². The number of hydrogen-bond acceptors (Lipinski definition) is 4. The number of nitrogens with one attached hydrogen (secondary N) is 1. The molecule has 0 saturated heterocycles. The predicted molar refractivity (Wildman–Crippen MR) is 84.2 cm³/mol. The van der Waals surface area contributed by atoms with Gasteiger partial charge in [0, 0.05) is 22.3 Å². The molecule has 3 aromatic rings. The minimum atomic E-state index is 0.586. The molecule has 0 atom stereocenters. The molecule has 0 fully saturated rings. The third kappa shape index (κ3) is 2.97. The third-order valence-electron chi connectivity index (χ3n) is 2.74. The van der Waals surface area contributed by atoms with E-state index >= 15 is 0 Å². The summed E-state index contributed by atoms with van der Waals surface area (Å²) in [6.45, 7) is 0.742. The summed E-state index contributed by atoms with van der Waals surface area (Å²) in [6, 6.07) is 10.5. The van der Waals surface area contributed by atoms with Crippen molar-refractivity contribution in [2.24, 2.45) is 0 Å². The van der Waals surface area contributed by atoms with E-state index in [2.05, 4.69) is 45.3 Å². The Morgan fingerprint density at radius 3 is 2.84 bits per heavy atom. The van der Waals surface area contributed by atoms with E-state index in [9.17, 15) is 0 Å². The molecule has 0 bridgehead atoms. The average molecular weight is 307 g/mol. The molecule has 1 N–H and O–H groups in total. The van der Waals surface area contributed by atoms with Crippen molar-refractivity contribution in [2.75, 3.05) is 5.32 Å². The Hall–Kier alpha value is -1.36. The molecule has 1 aromatic carbocycles. The summed E-state index contributed by atoms with van der Waals surface area (Å²) in [5.41, 5.74) is 3.60. The molecule has 5 heteroatoms. The summed E-state index contributed by atoms with van der Waals surface area (Å²) < 4.78 is 0.586. The second-order valence-electron chi connectivity index (χ2n) is 3.99. The number of thiophene rings is 1. The first-order valence-electron chi connectivity index (χ1n) is 5.78. The van der Waals surface area contributed by atoms with Crippen LogP contribution in [0.5, 0.6) is 0 Å². The summed E-state index contributed by atoms with van der Waals surface area (Å²) >= 11 is 9.05. The smallest absolute Gasteiger partial charge is 0.183 e. The molecule has 0 unspecified atom stereocenters. The summed E-state index contributed by atoms with van der Waals surface area (Å²) in [6.07, 6.45) is 1.81. The van der Waals surface area contributed by atoms with E-state index in [-0.39, 0.29) is 0 Å². The van der Waals surface area contributed by atoms with Crippen LogP contribution in [0.4, 0.5) is 5.69 Å². The van der Waals surface area contributed by atoms with Crippen molar-refractivity contribution in [1.82, 2.24) is 4.98 Å². The fraction of sp³-hybridized carbons (Fsp3) is 0.0714. The average Bonchev–Trinajstić information content (AvgIpc) is 3.08. The van der Waals surface area contributed by atoms with Crippen LogP contribution in [0.15, 0.2) is 47.3 Å². The van der Waals surface area contributed by atoms with Crippen LogP contribution in [0.3, 0.4) is 0 Å². The lowest BCUT2D eigenvalue weighted by atomic mass is 10.1. The molecule has 0 aliphatic heterocycles. The Balaban J connectivity index is 1.81. The lowest BCUT2D eigenvalue weighted by molar-refractivity contribution is 1.18. The predicted octanol–water partition coefficient (Wildman–Crippen LogP) is 5.14. The quantitative estimate of drug-likeness (QED) is 0.722. The maximum Gasteiger partial charge on any atom is 0.183 e. The highest BCUT2D eigenvalue weighted by Gasteiger charge is 2.05. The van der Waals surface area contributed by atoms with Crippen LogP contribution in [0.25, 0.3) is 11.1 Å². The van der Waals surface area contributed by atoms with Crippen LogP contribution in [0, 0.1) is 0 Å². The summed E-state index contributed by atoms with van der Waals surface area (Å²) in [4.78, 5) is 5.18. The Morgan fingerprint density at radius 2 is 2.11 bits per heavy atom. The molecule has 3 rings (SSSR count). The largest absolute Gasteiger partial charge is 0.380 e. The number of rotatable bonds is 4. The Morgan fingerprint density at radius 1 is 1.21 bits per heavy atom. The normalized spacial score (nSPS) is 10.6. The molecule has 96 valence electrons. The Bertz CT molecular complexity index is 662. The number of aromatic nitrogens is 1. The van der Waals surface area contributed by atoms with Crippen molar-refractivity contribution in [3.63, 3.8) is 0 Å². The zero-order valence-corrected chi connectivity index (χ0v) is 12.4. The van der Waals surface area contributed by atoms with E-state index in [0.29, 0.717) is 4.47 Å². The number of anilines is 1. The van der Waals surface area contributed by atoms with Crippen LogP contribution >= 0.6 is 34.3 Å². The van der Waals surface area contributed by atoms with Crippen molar-refractivity contribution >= 4 is 40.0 Å². The van der Waals surface area contributed by atoms with Gasteiger partial charge >= 0.3 is 0 Å². The molecule has 2 nitrogen and oxygen atoms in total. The van der Waals surface area contributed by atoms with Gasteiger partial charge in [0.2, 0.25) is 0 Å². The second kappa shape index (κ2) is 5.74. The van der Waals surface area contributed by atoms with Crippen molar-refractivity contribution in [3.8, 4) is 11.1 Å². The molecule has 0 aliphatic carbocycles. The highest BCUT2D eigenvalue weighted by molar-refractivity contribution is 7.15. The molecular formula is C14H11ClN2S2. The van der Waals surface area contributed by atoms with Crippen molar-refractivity contribution in [1.29, 1.82) is 0 Å². The first-order chi connectivity index (χ1) is 9.33. The minimum absolute atomic E-state index is 0.586. The molecule has 0 amide bonds. The molecule has 0 aliphatic rings. The zero-order chi connectivity index (χ0) is 13.1. The number of thiazole rings is 1. The standard InChI is InChI=1S/C14H11ClN2S2/c15-14-17-8-11(19-14)7-16-13-4-2-1-3-12(13)10-5-6-18-9-10/h1-6,8-9,16H,7H2. The van der Waals surface area contributed by atoms with Gasteiger partial charge in [-0.1, -0.05) is 29.8 Å². The fourth-order valence-electron chi connectivity index (χ4n) is 1.85. The van der Waals surface area contributed by atoms with Crippen LogP contribution in [0.1, 0.15) is 4.88 Å². The minimum Gasteiger partial charge on any atom is -0.380 e. The monoisotopic (exact) mass is 306 g/mol. The van der Waals surface area contributed by atoms with Gasteiger partial charge < -0.3 is 5.32 Å². The van der Waals surface area contributed by atoms with E-state index in [4.69, 9.17) is 11.6 Å². The van der Waals surface area contributed by atoms with Gasteiger partial charge in [-0.2, -0.15) is 11.3 Å². The SMILES string of the molecule is Clc1ncc(CNc2ccccc2-c2ccsc2)s1. The summed E-state index contributed by atoms with van der Waals surface area (Å²) in [5.74, 6) is 0. The van der Waals surface area contributed by atoms with E-state index in [1.165, 1.54) is 22.5 Å². The number of hydrogen-bond donors (Lipinski definition) is 1. The Kier molecular flexibility index (Phi) is 3.82. The van der Waals surface area contributed by atoms with E-state index in [0.717, 1.165) is 17.1 Å². The van der Waals surface area contributed by atoms with E-state index < -0.39 is 0 Å². The second-order valence-corrected chi connectivity index (χ2v) is 6.47. The third-order valence-corrected chi connectivity index (χ3v) is 4.54. The van der Waals surface area contributed by atoms with Gasteiger partial charge in [0.05, 0.1) is 6.54 Å². The number of nitrogens with zero attached hydrogens (tertiary/aromatic N) is 1. The maximum atomic E-state index is 5.84. The van der Waals surface area contributed by atoms with Gasteiger partial charge in [0.1, 0.15) is 0 Å².